The van der Waals surface area contributed by atoms with Crippen LogP contribution in [0.5, 0.6) is 0 Å². The zero-order chi connectivity index (χ0) is 23.9. The number of methoxy groups -OCH3 is 1. The lowest BCUT2D eigenvalue weighted by Crippen LogP contribution is -2.02. The minimum atomic E-state index is -0.709. The van der Waals surface area contributed by atoms with Crippen LogP contribution < -0.4 is 0 Å². The monoisotopic (exact) mass is 460 g/mol. The molecule has 0 unspecified atom stereocenters. The van der Waals surface area contributed by atoms with Crippen LogP contribution in [0.2, 0.25) is 0 Å². The van der Waals surface area contributed by atoms with Crippen molar-refractivity contribution < 1.29 is 17.9 Å². The Hall–Kier alpha value is -3.69. The molecule has 3 nitrogen and oxygen atoms in total. The van der Waals surface area contributed by atoms with Crippen LogP contribution in [-0.2, 0) is 24.0 Å². The molecule has 0 N–H and O–H groups in total. The Bertz CT molecular complexity index is 1330. The number of aryl methyl sites for hydroxylation is 3. The van der Waals surface area contributed by atoms with Crippen LogP contribution in [0.15, 0.2) is 60.9 Å². The van der Waals surface area contributed by atoms with Crippen molar-refractivity contribution in [1.29, 1.82) is 0 Å². The predicted octanol–water partition coefficient (Wildman–Crippen LogP) is 5.81. The third-order valence-corrected chi connectivity index (χ3v) is 5.45. The molecule has 34 heavy (non-hydrogen) atoms. The van der Waals surface area contributed by atoms with E-state index in [1.54, 1.807) is 43.8 Å². The summed E-state index contributed by atoms with van der Waals surface area (Å²) in [7, 11) is 1.67. The normalized spacial score (nSPS) is 10.8. The number of hydrogen-bond donors (Lipinski definition) is 0. The van der Waals surface area contributed by atoms with Gasteiger partial charge >= 0.3 is 0 Å². The molecule has 4 rings (SSSR count). The van der Waals surface area contributed by atoms with E-state index in [0.29, 0.717) is 36.4 Å². The van der Waals surface area contributed by atoms with Gasteiger partial charge in [-0.05, 0) is 77.6 Å². The second-order valence-corrected chi connectivity index (χ2v) is 7.99. The summed E-state index contributed by atoms with van der Waals surface area (Å²) in [5.41, 5.74) is 1.85. The topological polar surface area (TPSA) is 35.0 Å². The molecule has 0 bridgehead atoms. The summed E-state index contributed by atoms with van der Waals surface area (Å²) in [6.07, 6.45) is 6.17. The average molecular weight is 460 g/mol. The maximum Gasteiger partial charge on any atom is 0.142 e. The molecule has 0 saturated carbocycles. The fourth-order valence-electron chi connectivity index (χ4n) is 3.63. The first kappa shape index (κ1) is 23.5. The Morgan fingerprint density at radius 2 is 1.47 bits per heavy atom. The van der Waals surface area contributed by atoms with Gasteiger partial charge in [0.05, 0.1) is 5.56 Å². The van der Waals surface area contributed by atoms with Crippen molar-refractivity contribution in [2.24, 2.45) is 0 Å². The van der Waals surface area contributed by atoms with E-state index in [1.807, 2.05) is 0 Å². The number of nitrogens with zero attached hydrogens (tertiary/aromatic N) is 2. The first-order valence-corrected chi connectivity index (χ1v) is 11.0. The van der Waals surface area contributed by atoms with Crippen molar-refractivity contribution in [1.82, 2.24) is 9.97 Å². The van der Waals surface area contributed by atoms with Gasteiger partial charge in [-0.1, -0.05) is 24.0 Å². The van der Waals surface area contributed by atoms with E-state index < -0.39 is 11.6 Å². The maximum atomic E-state index is 14.6. The van der Waals surface area contributed by atoms with E-state index >= 15 is 0 Å². The molecule has 0 amide bonds. The van der Waals surface area contributed by atoms with Gasteiger partial charge in [-0.25, -0.2) is 23.1 Å². The van der Waals surface area contributed by atoms with Gasteiger partial charge in [0.1, 0.15) is 23.3 Å². The maximum absolute atomic E-state index is 14.6. The Kier molecular flexibility index (Phi) is 7.56. The van der Waals surface area contributed by atoms with Gasteiger partial charge < -0.3 is 4.74 Å². The van der Waals surface area contributed by atoms with Gasteiger partial charge in [-0.3, -0.25) is 0 Å². The summed E-state index contributed by atoms with van der Waals surface area (Å²) in [5.74, 6) is 4.27. The number of fused-ring (bicyclic) bond motifs is 1. The molecular weight excluding hydrogens is 437 g/mol. The highest BCUT2D eigenvalue weighted by Gasteiger charge is 2.10. The third-order valence-electron chi connectivity index (χ3n) is 5.45. The second-order valence-electron chi connectivity index (χ2n) is 7.99. The van der Waals surface area contributed by atoms with Crippen molar-refractivity contribution in [3.63, 3.8) is 0 Å². The highest BCUT2D eigenvalue weighted by atomic mass is 19.1. The number of aromatic nitrogens is 2. The van der Waals surface area contributed by atoms with Gasteiger partial charge in [0.15, 0.2) is 0 Å². The minimum absolute atomic E-state index is 0.278. The van der Waals surface area contributed by atoms with Crippen LogP contribution in [0.1, 0.15) is 34.5 Å². The summed E-state index contributed by atoms with van der Waals surface area (Å²) in [6, 6.07) is 12.2. The van der Waals surface area contributed by atoms with Crippen LogP contribution in [-0.4, -0.2) is 23.7 Å². The molecular formula is C28H23F3N2O. The molecule has 4 aromatic rings. The second kappa shape index (κ2) is 11.0. The number of halogens is 3. The fourth-order valence-corrected chi connectivity index (χ4v) is 3.63. The minimum Gasteiger partial charge on any atom is -0.385 e. The van der Waals surface area contributed by atoms with E-state index in [9.17, 15) is 13.2 Å². The Balaban J connectivity index is 1.43. The summed E-state index contributed by atoms with van der Waals surface area (Å²) < 4.78 is 47.6. The lowest BCUT2D eigenvalue weighted by molar-refractivity contribution is 0.195. The highest BCUT2D eigenvalue weighted by molar-refractivity contribution is 5.84. The smallest absolute Gasteiger partial charge is 0.142 e. The average Bonchev–Trinajstić information content (AvgIpc) is 2.83. The van der Waals surface area contributed by atoms with Crippen molar-refractivity contribution in [2.45, 2.75) is 25.7 Å². The molecule has 3 aromatic carbocycles. The SMILES string of the molecule is COCCCc1cnc(CCc2cc(F)c(C#Cc3ccc4cc(F)ccc4c3)c(F)c2)nc1. The van der Waals surface area contributed by atoms with E-state index in [-0.39, 0.29) is 11.4 Å². The zero-order valence-electron chi connectivity index (χ0n) is 18.7. The predicted molar refractivity (Wildman–Crippen MR) is 126 cm³/mol. The lowest BCUT2D eigenvalue weighted by atomic mass is 10.0. The molecule has 1 aromatic heterocycles. The van der Waals surface area contributed by atoms with Crippen LogP contribution in [0, 0.1) is 29.3 Å². The number of benzene rings is 3. The Morgan fingerprint density at radius 1 is 0.765 bits per heavy atom. The van der Waals surface area contributed by atoms with E-state index in [1.165, 1.54) is 24.3 Å². The molecule has 0 spiro atoms. The molecule has 172 valence electrons. The summed E-state index contributed by atoms with van der Waals surface area (Å²) in [5, 5.41) is 1.53. The van der Waals surface area contributed by atoms with Crippen LogP contribution in [0.4, 0.5) is 13.2 Å². The first-order valence-electron chi connectivity index (χ1n) is 11.0. The molecule has 0 aliphatic rings. The lowest BCUT2D eigenvalue weighted by Gasteiger charge is -2.05. The number of ether oxygens (including phenoxy) is 1. The molecule has 0 radical (unpaired) electrons. The van der Waals surface area contributed by atoms with Gasteiger partial charge in [0.2, 0.25) is 0 Å². The molecule has 0 saturated heterocycles. The molecule has 1 heterocycles. The third kappa shape index (κ3) is 6.00. The molecule has 0 fully saturated rings. The van der Waals surface area contributed by atoms with Crippen molar-refractivity contribution in [3.8, 4) is 11.8 Å². The quantitative estimate of drug-likeness (QED) is 0.258. The van der Waals surface area contributed by atoms with Gasteiger partial charge in [-0.15, -0.1) is 0 Å². The van der Waals surface area contributed by atoms with Crippen LogP contribution in [0.3, 0.4) is 0 Å². The number of hydrogen-bond acceptors (Lipinski definition) is 3. The Morgan fingerprint density at radius 3 is 2.21 bits per heavy atom. The number of rotatable bonds is 7. The van der Waals surface area contributed by atoms with Crippen LogP contribution >= 0.6 is 0 Å². The largest absolute Gasteiger partial charge is 0.385 e. The standard InChI is InChI=1S/C28H23F3N2O/c1-34-12-2-3-21-17-32-28(33-18-21)11-6-20-14-26(30)25(27(31)15-20)10-5-19-4-7-23-16-24(29)9-8-22(23)13-19/h4,7-9,13-18H,2-3,6,11-12H2,1H3. The van der Waals surface area contributed by atoms with Gasteiger partial charge in [-0.2, -0.15) is 0 Å². The van der Waals surface area contributed by atoms with E-state index in [2.05, 4.69) is 21.8 Å². The van der Waals surface area contributed by atoms with Crippen molar-refractivity contribution in [2.75, 3.05) is 13.7 Å². The van der Waals surface area contributed by atoms with Crippen LogP contribution in [0.25, 0.3) is 10.8 Å². The van der Waals surface area contributed by atoms with Gasteiger partial charge in [0, 0.05) is 38.1 Å². The summed E-state index contributed by atoms with van der Waals surface area (Å²) >= 11 is 0. The molecule has 0 atom stereocenters. The van der Waals surface area contributed by atoms with Crippen molar-refractivity contribution in [3.05, 3.63) is 106 Å². The summed E-state index contributed by atoms with van der Waals surface area (Å²) in [6.45, 7) is 0.683. The summed E-state index contributed by atoms with van der Waals surface area (Å²) in [4.78, 5) is 8.68. The molecule has 0 aliphatic carbocycles. The molecule has 6 heteroatoms. The van der Waals surface area contributed by atoms with E-state index in [4.69, 9.17) is 4.74 Å². The van der Waals surface area contributed by atoms with E-state index in [0.717, 1.165) is 29.2 Å². The first-order chi connectivity index (χ1) is 16.5. The van der Waals surface area contributed by atoms with Crippen molar-refractivity contribution >= 4 is 10.8 Å². The Labute approximate surface area is 196 Å². The van der Waals surface area contributed by atoms with Gasteiger partial charge in [0.25, 0.3) is 0 Å². The molecule has 0 aliphatic heterocycles. The highest BCUT2D eigenvalue weighted by Crippen LogP contribution is 2.19. The fraction of sp³-hybridized carbons (Fsp3) is 0.214. The zero-order valence-corrected chi connectivity index (χ0v) is 18.7.